The number of aromatic nitrogens is 2. The molecule has 1 aliphatic heterocycles. The number of hydrogen-bond donors (Lipinski definition) is 1. The molecule has 0 bridgehead atoms. The monoisotopic (exact) mass is 201 g/mol. The van der Waals surface area contributed by atoms with Gasteiger partial charge in [0.1, 0.15) is 0 Å². The van der Waals surface area contributed by atoms with Crippen molar-refractivity contribution in [3.63, 3.8) is 0 Å². The Balaban J connectivity index is 1.89. The molecule has 0 aliphatic carbocycles. The van der Waals surface area contributed by atoms with Gasteiger partial charge in [0.2, 0.25) is 5.89 Å². The highest BCUT2D eigenvalue weighted by Crippen LogP contribution is 2.16. The molecule has 72 valence electrons. The lowest BCUT2D eigenvalue weighted by Gasteiger charge is -2.20. The highest BCUT2D eigenvalue weighted by molar-refractivity contribution is 6.27. The van der Waals surface area contributed by atoms with Gasteiger partial charge in [-0.25, -0.2) is 0 Å². The van der Waals surface area contributed by atoms with E-state index in [1.807, 2.05) is 0 Å². The molecule has 0 saturated carbocycles. The normalized spacial score (nSPS) is 23.3. The Bertz CT molecular complexity index is 270. The molecule has 2 heterocycles. The Hall–Kier alpha value is -0.610. The maximum absolute atomic E-state index is 5.52. The average Bonchev–Trinajstić information content (AvgIpc) is 2.53. The Kier molecular flexibility index (Phi) is 2.80. The first-order chi connectivity index (χ1) is 6.34. The second-order valence-electron chi connectivity index (χ2n) is 3.37. The first-order valence-corrected chi connectivity index (χ1v) is 4.91. The maximum Gasteiger partial charge on any atom is 0.312 e. The van der Waals surface area contributed by atoms with Crippen LogP contribution in [0.25, 0.3) is 0 Å². The molecule has 2 rings (SSSR count). The van der Waals surface area contributed by atoms with E-state index >= 15 is 0 Å². The second-order valence-corrected chi connectivity index (χ2v) is 3.69. The van der Waals surface area contributed by atoms with Crippen molar-refractivity contribution < 1.29 is 4.42 Å². The summed E-state index contributed by atoms with van der Waals surface area (Å²) in [6.45, 7) is 2.17. The van der Waals surface area contributed by atoms with Crippen LogP contribution in [0.15, 0.2) is 4.42 Å². The van der Waals surface area contributed by atoms with Crippen molar-refractivity contribution in [1.82, 2.24) is 15.5 Å². The van der Waals surface area contributed by atoms with Crippen LogP contribution in [0.2, 0.25) is 5.35 Å². The average molecular weight is 202 g/mol. The van der Waals surface area contributed by atoms with Crippen LogP contribution in [-0.2, 0) is 6.42 Å². The van der Waals surface area contributed by atoms with Gasteiger partial charge in [-0.15, -0.1) is 5.10 Å². The lowest BCUT2D eigenvalue weighted by atomic mass is 9.96. The van der Waals surface area contributed by atoms with Crippen LogP contribution in [0.4, 0.5) is 0 Å². The summed E-state index contributed by atoms with van der Waals surface area (Å²) < 4.78 is 5.10. The molecule has 1 saturated heterocycles. The quantitative estimate of drug-likeness (QED) is 0.783. The smallest absolute Gasteiger partial charge is 0.312 e. The van der Waals surface area contributed by atoms with Gasteiger partial charge in [-0.1, -0.05) is 5.10 Å². The van der Waals surface area contributed by atoms with Crippen LogP contribution < -0.4 is 5.32 Å². The zero-order valence-electron chi connectivity index (χ0n) is 7.29. The second kappa shape index (κ2) is 4.07. The molecular weight excluding hydrogens is 190 g/mol. The summed E-state index contributed by atoms with van der Waals surface area (Å²) in [5, 5.41) is 10.9. The Morgan fingerprint density at radius 1 is 1.54 bits per heavy atom. The topological polar surface area (TPSA) is 51.0 Å². The zero-order valence-corrected chi connectivity index (χ0v) is 8.05. The SMILES string of the molecule is Clc1nnc(CC2CCCNC2)o1. The van der Waals surface area contributed by atoms with Gasteiger partial charge < -0.3 is 9.73 Å². The van der Waals surface area contributed by atoms with Crippen LogP contribution >= 0.6 is 11.6 Å². The van der Waals surface area contributed by atoms with E-state index in [1.165, 1.54) is 12.8 Å². The molecule has 5 heteroatoms. The van der Waals surface area contributed by atoms with Crippen molar-refractivity contribution in [2.24, 2.45) is 5.92 Å². The van der Waals surface area contributed by atoms with E-state index in [2.05, 4.69) is 15.5 Å². The summed E-state index contributed by atoms with van der Waals surface area (Å²) in [5.74, 6) is 1.27. The highest BCUT2D eigenvalue weighted by atomic mass is 35.5. The molecule has 1 fully saturated rings. The molecule has 1 atom stereocenters. The van der Waals surface area contributed by atoms with Gasteiger partial charge in [0, 0.05) is 6.42 Å². The summed E-state index contributed by atoms with van der Waals surface area (Å²) in [5.41, 5.74) is 0. The Labute approximate surface area is 81.7 Å². The lowest BCUT2D eigenvalue weighted by Crippen LogP contribution is -2.30. The molecule has 0 radical (unpaired) electrons. The predicted molar refractivity (Wildman–Crippen MR) is 48.6 cm³/mol. The number of nitrogens with one attached hydrogen (secondary N) is 1. The minimum atomic E-state index is 0.138. The molecule has 1 N–H and O–H groups in total. The van der Waals surface area contributed by atoms with E-state index in [-0.39, 0.29) is 5.35 Å². The minimum Gasteiger partial charge on any atom is -0.412 e. The first-order valence-electron chi connectivity index (χ1n) is 4.53. The maximum atomic E-state index is 5.52. The summed E-state index contributed by atoms with van der Waals surface area (Å²) >= 11 is 5.52. The van der Waals surface area contributed by atoms with E-state index in [0.717, 1.165) is 19.5 Å². The van der Waals surface area contributed by atoms with Crippen LogP contribution in [0.5, 0.6) is 0 Å². The van der Waals surface area contributed by atoms with Gasteiger partial charge in [-0.3, -0.25) is 0 Å². The Morgan fingerprint density at radius 2 is 2.46 bits per heavy atom. The van der Waals surface area contributed by atoms with E-state index in [4.69, 9.17) is 16.0 Å². The predicted octanol–water partition coefficient (Wildman–Crippen LogP) is 1.27. The van der Waals surface area contributed by atoms with E-state index in [9.17, 15) is 0 Å². The largest absolute Gasteiger partial charge is 0.412 e. The standard InChI is InChI=1S/C8H12ClN3O/c9-8-12-11-7(13-8)4-6-2-1-3-10-5-6/h6,10H,1-5H2. The molecule has 0 amide bonds. The molecule has 13 heavy (non-hydrogen) atoms. The van der Waals surface area contributed by atoms with Crippen molar-refractivity contribution >= 4 is 11.6 Å². The third kappa shape index (κ3) is 2.42. The highest BCUT2D eigenvalue weighted by Gasteiger charge is 2.16. The molecule has 1 aromatic rings. The van der Waals surface area contributed by atoms with Crippen LogP contribution in [0, 0.1) is 5.92 Å². The van der Waals surface area contributed by atoms with Crippen molar-refractivity contribution in [3.8, 4) is 0 Å². The number of nitrogens with zero attached hydrogens (tertiary/aromatic N) is 2. The van der Waals surface area contributed by atoms with E-state index < -0.39 is 0 Å². The zero-order chi connectivity index (χ0) is 9.10. The van der Waals surface area contributed by atoms with Crippen LogP contribution in [-0.4, -0.2) is 23.3 Å². The van der Waals surface area contributed by atoms with Gasteiger partial charge in [-0.2, -0.15) is 0 Å². The fourth-order valence-electron chi connectivity index (χ4n) is 1.66. The number of hydrogen-bond acceptors (Lipinski definition) is 4. The molecule has 1 aromatic heterocycles. The summed E-state index contributed by atoms with van der Waals surface area (Å²) in [6, 6.07) is 0. The number of rotatable bonds is 2. The van der Waals surface area contributed by atoms with Crippen molar-refractivity contribution in [2.75, 3.05) is 13.1 Å². The van der Waals surface area contributed by atoms with Crippen LogP contribution in [0.3, 0.4) is 0 Å². The van der Waals surface area contributed by atoms with E-state index in [0.29, 0.717) is 11.8 Å². The van der Waals surface area contributed by atoms with Gasteiger partial charge in [0.25, 0.3) is 0 Å². The Morgan fingerprint density at radius 3 is 3.08 bits per heavy atom. The molecule has 0 aromatic carbocycles. The van der Waals surface area contributed by atoms with Gasteiger partial charge in [0.05, 0.1) is 0 Å². The lowest BCUT2D eigenvalue weighted by molar-refractivity contribution is 0.345. The molecule has 1 aliphatic rings. The molecular formula is C8H12ClN3O. The summed E-state index contributed by atoms with van der Waals surface area (Å²) in [4.78, 5) is 0. The van der Waals surface area contributed by atoms with Gasteiger partial charge in [0.15, 0.2) is 0 Å². The van der Waals surface area contributed by atoms with Gasteiger partial charge >= 0.3 is 5.35 Å². The number of halogens is 1. The fraction of sp³-hybridized carbons (Fsp3) is 0.750. The molecule has 1 unspecified atom stereocenters. The van der Waals surface area contributed by atoms with E-state index in [1.54, 1.807) is 0 Å². The summed E-state index contributed by atoms with van der Waals surface area (Å²) in [7, 11) is 0. The van der Waals surface area contributed by atoms with Crippen molar-refractivity contribution in [1.29, 1.82) is 0 Å². The molecule has 4 nitrogen and oxygen atoms in total. The third-order valence-corrected chi connectivity index (χ3v) is 2.46. The number of piperidine rings is 1. The summed E-state index contributed by atoms with van der Waals surface area (Å²) in [6.07, 6.45) is 3.30. The minimum absolute atomic E-state index is 0.138. The van der Waals surface area contributed by atoms with Gasteiger partial charge in [-0.05, 0) is 43.5 Å². The first kappa shape index (κ1) is 8.97. The van der Waals surface area contributed by atoms with Crippen molar-refractivity contribution in [3.05, 3.63) is 11.2 Å². The molecule has 0 spiro atoms. The van der Waals surface area contributed by atoms with Crippen LogP contribution in [0.1, 0.15) is 18.7 Å². The third-order valence-electron chi connectivity index (χ3n) is 2.30. The van der Waals surface area contributed by atoms with Crippen molar-refractivity contribution in [2.45, 2.75) is 19.3 Å². The fourth-order valence-corrected chi connectivity index (χ4v) is 1.79.